The van der Waals surface area contributed by atoms with Gasteiger partial charge in [-0.2, -0.15) is 8.78 Å². The molecule has 2 rings (SSSR count). The molecule has 1 saturated heterocycles. The van der Waals surface area contributed by atoms with Crippen LogP contribution in [0, 0.1) is 0 Å². The molecule has 0 unspecified atom stereocenters. The van der Waals surface area contributed by atoms with E-state index in [1.165, 1.54) is 38.4 Å². The third-order valence-electron chi connectivity index (χ3n) is 2.74. The summed E-state index contributed by atoms with van der Waals surface area (Å²) in [7, 11) is 0. The molecular weight excluding hydrogens is 236 g/mol. The number of hydrogen-bond donors (Lipinski definition) is 1. The number of halogens is 2. The minimum atomic E-state index is -2.74. The van der Waals surface area contributed by atoms with E-state index in [0.717, 1.165) is 12.0 Å². The third kappa shape index (κ3) is 6.55. The van der Waals surface area contributed by atoms with Gasteiger partial charge in [0.1, 0.15) is 5.75 Å². The molecule has 0 spiro atoms. The van der Waals surface area contributed by atoms with Crippen molar-refractivity contribution in [2.75, 3.05) is 13.1 Å². The van der Waals surface area contributed by atoms with E-state index < -0.39 is 6.61 Å². The Bertz CT molecular complexity index is 316. The molecule has 2 nitrogen and oxygen atoms in total. The van der Waals surface area contributed by atoms with Crippen molar-refractivity contribution < 1.29 is 13.5 Å². The number of rotatable bonds is 3. The summed E-state index contributed by atoms with van der Waals surface area (Å²) in [4.78, 5) is 0. The van der Waals surface area contributed by atoms with Gasteiger partial charge in [-0.25, -0.2) is 0 Å². The van der Waals surface area contributed by atoms with Gasteiger partial charge in [0.15, 0.2) is 0 Å². The largest absolute Gasteiger partial charge is 0.435 e. The molecule has 4 heteroatoms. The Labute approximate surface area is 107 Å². The number of piperidine rings is 1. The van der Waals surface area contributed by atoms with Crippen molar-refractivity contribution >= 4 is 0 Å². The van der Waals surface area contributed by atoms with Crippen molar-refractivity contribution in [1.29, 1.82) is 0 Å². The van der Waals surface area contributed by atoms with E-state index in [2.05, 4.69) is 10.1 Å². The van der Waals surface area contributed by atoms with Crippen LogP contribution in [-0.2, 0) is 6.42 Å². The van der Waals surface area contributed by atoms with Crippen LogP contribution in [0.5, 0.6) is 5.75 Å². The van der Waals surface area contributed by atoms with E-state index in [0.29, 0.717) is 0 Å². The molecule has 18 heavy (non-hydrogen) atoms. The Kier molecular flexibility index (Phi) is 7.34. The fraction of sp³-hybridized carbons (Fsp3) is 0.571. The SMILES string of the molecule is C1CCNCC1.CCc1cccc(OC(F)F)c1. The zero-order valence-corrected chi connectivity index (χ0v) is 10.8. The van der Waals surface area contributed by atoms with Crippen LogP contribution < -0.4 is 10.1 Å². The van der Waals surface area contributed by atoms with E-state index >= 15 is 0 Å². The quantitative estimate of drug-likeness (QED) is 0.893. The van der Waals surface area contributed by atoms with Crippen molar-refractivity contribution in [2.24, 2.45) is 0 Å². The van der Waals surface area contributed by atoms with E-state index in [-0.39, 0.29) is 5.75 Å². The molecule has 0 saturated carbocycles. The van der Waals surface area contributed by atoms with Crippen molar-refractivity contribution in [3.8, 4) is 5.75 Å². The predicted octanol–water partition coefficient (Wildman–Crippen LogP) is 3.61. The van der Waals surface area contributed by atoms with Crippen LogP contribution in [0.15, 0.2) is 24.3 Å². The summed E-state index contributed by atoms with van der Waals surface area (Å²) in [5.74, 6) is 0.226. The molecule has 0 atom stereocenters. The summed E-state index contributed by atoms with van der Waals surface area (Å²) < 4.78 is 27.7. The second-order valence-electron chi connectivity index (χ2n) is 4.19. The lowest BCUT2D eigenvalue weighted by atomic mass is 10.2. The fourth-order valence-electron chi connectivity index (χ4n) is 1.74. The summed E-state index contributed by atoms with van der Waals surface area (Å²) >= 11 is 0. The Hall–Kier alpha value is -1.16. The van der Waals surface area contributed by atoms with Crippen LogP contribution >= 0.6 is 0 Å². The minimum absolute atomic E-state index is 0.226. The first-order chi connectivity index (χ1) is 8.72. The molecule has 1 aliphatic rings. The van der Waals surface area contributed by atoms with Gasteiger partial charge < -0.3 is 10.1 Å². The van der Waals surface area contributed by atoms with Gasteiger partial charge in [-0.05, 0) is 50.0 Å². The van der Waals surface area contributed by atoms with Gasteiger partial charge in [0.25, 0.3) is 0 Å². The molecule has 1 aromatic carbocycles. The number of aryl methyl sites for hydroxylation is 1. The van der Waals surface area contributed by atoms with Crippen LogP contribution in [0.25, 0.3) is 0 Å². The van der Waals surface area contributed by atoms with Gasteiger partial charge in [0.2, 0.25) is 0 Å². The second kappa shape index (κ2) is 8.86. The van der Waals surface area contributed by atoms with Gasteiger partial charge in [0.05, 0.1) is 0 Å². The Balaban J connectivity index is 0.000000225. The van der Waals surface area contributed by atoms with Gasteiger partial charge in [-0.15, -0.1) is 0 Å². The van der Waals surface area contributed by atoms with E-state index in [9.17, 15) is 8.78 Å². The predicted molar refractivity (Wildman–Crippen MR) is 69.2 cm³/mol. The number of alkyl halides is 2. The third-order valence-corrected chi connectivity index (χ3v) is 2.74. The molecule has 1 N–H and O–H groups in total. The van der Waals surface area contributed by atoms with E-state index in [1.54, 1.807) is 12.1 Å². The zero-order chi connectivity index (χ0) is 13.2. The van der Waals surface area contributed by atoms with Crippen LogP contribution in [-0.4, -0.2) is 19.7 Å². The molecule has 1 aliphatic heterocycles. The Morgan fingerprint density at radius 1 is 1.22 bits per heavy atom. The summed E-state index contributed by atoms with van der Waals surface area (Å²) in [5.41, 5.74) is 0.994. The van der Waals surface area contributed by atoms with Gasteiger partial charge in [0, 0.05) is 0 Å². The summed E-state index contributed by atoms with van der Waals surface area (Å²) in [6, 6.07) is 6.71. The highest BCUT2D eigenvalue weighted by atomic mass is 19.3. The first-order valence-corrected chi connectivity index (χ1v) is 6.47. The number of benzene rings is 1. The lowest BCUT2D eigenvalue weighted by Crippen LogP contribution is -2.21. The van der Waals surface area contributed by atoms with Crippen molar-refractivity contribution in [2.45, 2.75) is 39.2 Å². The molecule has 1 heterocycles. The molecule has 1 fully saturated rings. The Morgan fingerprint density at radius 2 is 1.94 bits per heavy atom. The van der Waals surface area contributed by atoms with Crippen LogP contribution in [0.2, 0.25) is 0 Å². The van der Waals surface area contributed by atoms with Crippen molar-refractivity contribution in [1.82, 2.24) is 5.32 Å². The Morgan fingerprint density at radius 3 is 2.39 bits per heavy atom. The first-order valence-electron chi connectivity index (χ1n) is 6.47. The molecule has 0 radical (unpaired) electrons. The molecular formula is C14H21F2NO. The highest BCUT2D eigenvalue weighted by Gasteiger charge is 2.03. The molecule has 0 aromatic heterocycles. The van der Waals surface area contributed by atoms with Crippen molar-refractivity contribution in [3.63, 3.8) is 0 Å². The van der Waals surface area contributed by atoms with Gasteiger partial charge in [-0.1, -0.05) is 25.5 Å². The highest BCUT2D eigenvalue weighted by molar-refractivity contribution is 5.28. The standard InChI is InChI=1S/C9H10F2O.C5H11N/c1-2-7-4-3-5-8(6-7)12-9(10)11;1-2-4-6-5-3-1/h3-6,9H,2H2,1H3;6H,1-5H2. The molecule has 1 aromatic rings. The molecule has 0 bridgehead atoms. The summed E-state index contributed by atoms with van der Waals surface area (Å²) in [6.07, 6.45) is 5.04. The van der Waals surface area contributed by atoms with E-state index in [1.807, 2.05) is 13.0 Å². The molecule has 0 amide bonds. The second-order valence-corrected chi connectivity index (χ2v) is 4.19. The maximum atomic E-state index is 11.7. The number of ether oxygens (including phenoxy) is 1. The lowest BCUT2D eigenvalue weighted by molar-refractivity contribution is -0.0498. The normalized spacial score (nSPS) is 14.9. The van der Waals surface area contributed by atoms with E-state index in [4.69, 9.17) is 0 Å². The number of nitrogens with one attached hydrogen (secondary N) is 1. The van der Waals surface area contributed by atoms with Gasteiger partial charge in [-0.3, -0.25) is 0 Å². The minimum Gasteiger partial charge on any atom is -0.435 e. The molecule has 0 aliphatic carbocycles. The summed E-state index contributed by atoms with van der Waals surface area (Å²) in [6.45, 7) is 1.72. The fourth-order valence-corrected chi connectivity index (χ4v) is 1.74. The zero-order valence-electron chi connectivity index (χ0n) is 10.8. The van der Waals surface area contributed by atoms with Crippen LogP contribution in [0.3, 0.4) is 0 Å². The lowest BCUT2D eigenvalue weighted by Gasteiger charge is -2.08. The topological polar surface area (TPSA) is 21.3 Å². The average molecular weight is 257 g/mol. The maximum absolute atomic E-state index is 11.7. The first kappa shape index (κ1) is 14.9. The van der Waals surface area contributed by atoms with Crippen molar-refractivity contribution in [3.05, 3.63) is 29.8 Å². The average Bonchev–Trinajstić information content (AvgIpc) is 2.41. The smallest absolute Gasteiger partial charge is 0.387 e. The summed E-state index contributed by atoms with van der Waals surface area (Å²) in [5, 5.41) is 3.28. The maximum Gasteiger partial charge on any atom is 0.387 e. The van der Waals surface area contributed by atoms with Crippen LogP contribution in [0.4, 0.5) is 8.78 Å². The van der Waals surface area contributed by atoms with Gasteiger partial charge >= 0.3 is 6.61 Å². The monoisotopic (exact) mass is 257 g/mol. The molecule has 102 valence electrons. The highest BCUT2D eigenvalue weighted by Crippen LogP contribution is 2.15. The van der Waals surface area contributed by atoms with Crippen LogP contribution in [0.1, 0.15) is 31.7 Å². The number of hydrogen-bond acceptors (Lipinski definition) is 2.